The maximum atomic E-state index is 13.3. The van der Waals surface area contributed by atoms with E-state index in [2.05, 4.69) is 10.5 Å². The number of non-ortho nitro benzene ring substituents is 1. The molecule has 34 heavy (non-hydrogen) atoms. The summed E-state index contributed by atoms with van der Waals surface area (Å²) in [5, 5.41) is 15.1. The molecule has 0 saturated carbocycles. The maximum absolute atomic E-state index is 13.3. The summed E-state index contributed by atoms with van der Waals surface area (Å²) in [7, 11) is -4.01. The largest absolute Gasteiger partial charge is 0.272 e. The van der Waals surface area contributed by atoms with Crippen molar-refractivity contribution in [1.29, 1.82) is 0 Å². The zero-order valence-corrected chi connectivity index (χ0v) is 19.7. The zero-order valence-electron chi connectivity index (χ0n) is 18.1. The highest BCUT2D eigenvalue weighted by molar-refractivity contribution is 7.89. The average Bonchev–Trinajstić information content (AvgIpc) is 2.79. The van der Waals surface area contributed by atoms with E-state index in [1.165, 1.54) is 36.5 Å². The van der Waals surface area contributed by atoms with Gasteiger partial charge in [-0.2, -0.15) is 9.41 Å². The quantitative estimate of drug-likeness (QED) is 0.271. The number of sulfonamides is 1. The van der Waals surface area contributed by atoms with Crippen LogP contribution < -0.4 is 5.43 Å². The molecule has 1 N–H and O–H groups in total. The predicted octanol–water partition coefficient (Wildman–Crippen LogP) is 3.90. The number of carbonyl (C=O) groups is 1. The van der Waals surface area contributed by atoms with Gasteiger partial charge in [-0.3, -0.25) is 14.9 Å². The van der Waals surface area contributed by atoms with E-state index in [0.717, 1.165) is 9.87 Å². The van der Waals surface area contributed by atoms with Crippen molar-refractivity contribution in [3.8, 4) is 0 Å². The fraction of sp³-hybridized carbons (Fsp3) is 0.130. The summed E-state index contributed by atoms with van der Waals surface area (Å²) >= 11 is 6.03. The minimum atomic E-state index is -4.01. The molecule has 0 fully saturated rings. The van der Waals surface area contributed by atoms with E-state index in [9.17, 15) is 23.3 Å². The molecule has 1 amide bonds. The molecule has 0 aliphatic carbocycles. The van der Waals surface area contributed by atoms with Crippen LogP contribution in [-0.4, -0.2) is 36.3 Å². The second-order valence-electron chi connectivity index (χ2n) is 7.36. The summed E-state index contributed by atoms with van der Waals surface area (Å²) in [6.45, 7) is 1.25. The van der Waals surface area contributed by atoms with E-state index < -0.39 is 27.4 Å². The van der Waals surface area contributed by atoms with Crippen molar-refractivity contribution >= 4 is 39.4 Å². The lowest BCUT2D eigenvalue weighted by Crippen LogP contribution is -2.39. The smallest absolute Gasteiger partial charge is 0.270 e. The Kier molecular flexibility index (Phi) is 8.11. The van der Waals surface area contributed by atoms with Crippen molar-refractivity contribution in [2.45, 2.75) is 18.4 Å². The van der Waals surface area contributed by atoms with Crippen LogP contribution in [0.5, 0.6) is 0 Å². The van der Waals surface area contributed by atoms with Gasteiger partial charge >= 0.3 is 0 Å². The van der Waals surface area contributed by atoms with Crippen molar-refractivity contribution in [3.63, 3.8) is 0 Å². The summed E-state index contributed by atoms with van der Waals surface area (Å²) in [5.41, 5.74) is 4.06. The molecule has 0 spiro atoms. The first-order valence-electron chi connectivity index (χ1n) is 10.0. The van der Waals surface area contributed by atoms with E-state index in [1.54, 1.807) is 42.5 Å². The van der Waals surface area contributed by atoms with Gasteiger partial charge < -0.3 is 0 Å². The zero-order chi connectivity index (χ0) is 24.7. The van der Waals surface area contributed by atoms with Crippen molar-refractivity contribution in [2.24, 2.45) is 5.10 Å². The molecule has 0 bridgehead atoms. The van der Waals surface area contributed by atoms with E-state index in [0.29, 0.717) is 16.1 Å². The summed E-state index contributed by atoms with van der Waals surface area (Å²) < 4.78 is 27.6. The van der Waals surface area contributed by atoms with Gasteiger partial charge in [0.15, 0.2) is 0 Å². The number of amides is 1. The molecule has 0 aliphatic rings. The van der Waals surface area contributed by atoms with Crippen LogP contribution in [0.25, 0.3) is 0 Å². The van der Waals surface area contributed by atoms with Crippen LogP contribution in [-0.2, 0) is 21.4 Å². The van der Waals surface area contributed by atoms with E-state index in [1.807, 2.05) is 6.92 Å². The molecule has 0 unspecified atom stereocenters. The number of aryl methyl sites for hydroxylation is 1. The molecule has 11 heteroatoms. The van der Waals surface area contributed by atoms with E-state index in [-0.39, 0.29) is 17.1 Å². The second-order valence-corrected chi connectivity index (χ2v) is 9.74. The molecular formula is C23H21ClN4O5S. The normalized spacial score (nSPS) is 11.6. The van der Waals surface area contributed by atoms with Crippen LogP contribution in [0.3, 0.4) is 0 Å². The van der Waals surface area contributed by atoms with Crippen molar-refractivity contribution < 1.29 is 18.1 Å². The molecule has 0 saturated heterocycles. The third-order valence-corrected chi connectivity index (χ3v) is 6.75. The van der Waals surface area contributed by atoms with Crippen molar-refractivity contribution in [2.75, 3.05) is 6.54 Å². The number of hydrogen-bond acceptors (Lipinski definition) is 6. The highest BCUT2D eigenvalue weighted by atomic mass is 35.5. The number of nitro groups is 1. The maximum Gasteiger partial charge on any atom is 0.270 e. The molecule has 0 atom stereocenters. The first kappa shape index (κ1) is 25.0. The molecule has 3 rings (SSSR count). The molecule has 0 aliphatic heterocycles. The number of hydrazone groups is 1. The number of hydrogen-bond donors (Lipinski definition) is 1. The summed E-state index contributed by atoms with van der Waals surface area (Å²) in [4.78, 5) is 22.9. The Hall–Kier alpha value is -3.60. The Morgan fingerprint density at radius 1 is 1.12 bits per heavy atom. The number of nitrogens with zero attached hydrogens (tertiary/aromatic N) is 3. The highest BCUT2D eigenvalue weighted by Gasteiger charge is 2.27. The van der Waals surface area contributed by atoms with Gasteiger partial charge in [0.2, 0.25) is 10.0 Å². The topological polar surface area (TPSA) is 122 Å². The molecule has 0 heterocycles. The molecule has 176 valence electrons. The van der Waals surface area contributed by atoms with Crippen LogP contribution in [0.4, 0.5) is 5.69 Å². The van der Waals surface area contributed by atoms with E-state index >= 15 is 0 Å². The first-order chi connectivity index (χ1) is 16.1. The number of nitro benzene ring substituents is 1. The Bertz CT molecular complexity index is 1330. The Morgan fingerprint density at radius 2 is 1.82 bits per heavy atom. The van der Waals surface area contributed by atoms with Crippen LogP contribution in [0.2, 0.25) is 5.02 Å². The highest BCUT2D eigenvalue weighted by Crippen LogP contribution is 2.20. The average molecular weight is 501 g/mol. The molecule has 3 aromatic carbocycles. The number of halogens is 1. The standard InChI is InChI=1S/C23H21ClN4O5S/c1-17-8-10-22(11-9-17)34(32,33)27(15-19-5-2-6-20(24)12-19)16-23(29)26-25-14-18-4-3-7-21(13-18)28(30)31/h2-14H,15-16H2,1H3,(H,26,29)/b25-14-. The van der Waals surface area contributed by atoms with Gasteiger partial charge in [-0.15, -0.1) is 0 Å². The van der Waals surface area contributed by atoms with Gasteiger partial charge in [-0.05, 0) is 36.8 Å². The lowest BCUT2D eigenvalue weighted by Gasteiger charge is -2.21. The fourth-order valence-corrected chi connectivity index (χ4v) is 4.61. The number of carbonyl (C=O) groups excluding carboxylic acids is 1. The molecule has 0 aromatic heterocycles. The van der Waals surface area contributed by atoms with Gasteiger partial charge in [-0.25, -0.2) is 13.8 Å². The Morgan fingerprint density at radius 3 is 2.50 bits per heavy atom. The summed E-state index contributed by atoms with van der Waals surface area (Å²) in [5.74, 6) is -0.681. The van der Waals surface area contributed by atoms with Crippen LogP contribution in [0.15, 0.2) is 82.8 Å². The second kappa shape index (κ2) is 11.0. The predicted molar refractivity (Wildman–Crippen MR) is 129 cm³/mol. The van der Waals surface area contributed by atoms with Gasteiger partial charge in [0.1, 0.15) is 0 Å². The van der Waals surface area contributed by atoms with Crippen LogP contribution >= 0.6 is 11.6 Å². The first-order valence-corrected chi connectivity index (χ1v) is 11.8. The van der Waals surface area contributed by atoms with Crippen molar-refractivity contribution in [1.82, 2.24) is 9.73 Å². The number of rotatable bonds is 9. The molecule has 0 radical (unpaired) electrons. The lowest BCUT2D eigenvalue weighted by molar-refractivity contribution is -0.384. The minimum Gasteiger partial charge on any atom is -0.272 e. The van der Waals surface area contributed by atoms with E-state index in [4.69, 9.17) is 11.6 Å². The number of benzene rings is 3. The molecule has 3 aromatic rings. The molecule has 9 nitrogen and oxygen atoms in total. The monoisotopic (exact) mass is 500 g/mol. The van der Waals surface area contributed by atoms with Crippen LogP contribution in [0.1, 0.15) is 16.7 Å². The van der Waals surface area contributed by atoms with Crippen LogP contribution in [0, 0.1) is 17.0 Å². The van der Waals surface area contributed by atoms with Gasteiger partial charge in [-0.1, -0.05) is 53.6 Å². The minimum absolute atomic E-state index is 0.0491. The number of nitrogens with one attached hydrogen (secondary N) is 1. The van der Waals surface area contributed by atoms with Crippen molar-refractivity contribution in [3.05, 3.63) is 105 Å². The Balaban J connectivity index is 1.79. The summed E-state index contributed by atoms with van der Waals surface area (Å²) in [6.07, 6.45) is 1.24. The summed E-state index contributed by atoms with van der Waals surface area (Å²) in [6, 6.07) is 18.7. The SMILES string of the molecule is Cc1ccc(S(=O)(=O)N(CC(=O)N/N=C\c2cccc([N+](=O)[O-])c2)Cc2cccc(Cl)c2)cc1. The van der Waals surface area contributed by atoms with Gasteiger partial charge in [0.05, 0.1) is 22.6 Å². The lowest BCUT2D eigenvalue weighted by atomic mass is 10.2. The molecular weight excluding hydrogens is 480 g/mol. The third kappa shape index (κ3) is 6.70. The fourth-order valence-electron chi connectivity index (χ4n) is 3.02. The van der Waals surface area contributed by atoms with Gasteiger partial charge in [0, 0.05) is 29.3 Å². The third-order valence-electron chi connectivity index (χ3n) is 4.71. The van der Waals surface area contributed by atoms with Gasteiger partial charge in [0.25, 0.3) is 11.6 Å². The Labute approximate surface area is 201 Å².